The molecule has 3 heterocycles. The molecule has 3 aliphatic heterocycles. The van der Waals surface area contributed by atoms with E-state index in [0.29, 0.717) is 12.5 Å². The standard InChI is InChI=1S/C9H13N3O4/c1-5-11(6-1)16-12(14-8-2-4-10-8)15-9-3-7-13-9/h2,4,9H,1,3,5-7H2. The van der Waals surface area contributed by atoms with Crippen molar-refractivity contribution in [1.29, 1.82) is 0 Å². The maximum atomic E-state index is 5.33. The van der Waals surface area contributed by atoms with Crippen molar-refractivity contribution in [1.82, 2.24) is 10.5 Å². The van der Waals surface area contributed by atoms with E-state index in [1.807, 2.05) is 0 Å². The average Bonchev–Trinajstić information content (AvgIpc) is 2.08. The minimum atomic E-state index is -0.286. The summed E-state index contributed by atoms with van der Waals surface area (Å²) in [5, 5.41) is 2.70. The number of aliphatic imine (C=N–C) groups is 1. The second-order valence-corrected chi connectivity index (χ2v) is 3.66. The minimum Gasteiger partial charge on any atom is -0.350 e. The molecule has 2 fully saturated rings. The molecule has 0 aromatic carbocycles. The van der Waals surface area contributed by atoms with Crippen LogP contribution in [0, 0.1) is 0 Å². The van der Waals surface area contributed by atoms with E-state index in [2.05, 4.69) is 4.99 Å². The van der Waals surface area contributed by atoms with Crippen LogP contribution in [0.1, 0.15) is 12.8 Å². The highest BCUT2D eigenvalue weighted by Crippen LogP contribution is 2.18. The molecular weight excluding hydrogens is 214 g/mol. The van der Waals surface area contributed by atoms with Crippen LogP contribution in [0.25, 0.3) is 0 Å². The van der Waals surface area contributed by atoms with Crippen LogP contribution in [0.3, 0.4) is 0 Å². The van der Waals surface area contributed by atoms with Crippen LogP contribution in [0.2, 0.25) is 0 Å². The Balaban J connectivity index is 1.48. The first-order valence-electron chi connectivity index (χ1n) is 5.34. The first-order valence-corrected chi connectivity index (χ1v) is 5.34. The number of rotatable bonds is 5. The zero-order valence-electron chi connectivity index (χ0n) is 8.74. The Bertz CT molecular complexity index is 296. The van der Waals surface area contributed by atoms with Gasteiger partial charge in [-0.25, -0.2) is 9.83 Å². The molecule has 0 bridgehead atoms. The van der Waals surface area contributed by atoms with E-state index >= 15 is 0 Å². The summed E-state index contributed by atoms with van der Waals surface area (Å²) in [5.41, 5.74) is 0. The van der Waals surface area contributed by atoms with Gasteiger partial charge in [-0.05, 0) is 6.42 Å². The predicted octanol–water partition coefficient (Wildman–Crippen LogP) is 0.376. The smallest absolute Gasteiger partial charge is 0.245 e. The summed E-state index contributed by atoms with van der Waals surface area (Å²) in [7, 11) is 0. The van der Waals surface area contributed by atoms with Gasteiger partial charge in [-0.2, -0.15) is 5.06 Å². The van der Waals surface area contributed by atoms with E-state index in [-0.39, 0.29) is 6.29 Å². The Morgan fingerprint density at radius 1 is 1.50 bits per heavy atom. The lowest BCUT2D eigenvalue weighted by molar-refractivity contribution is -0.592. The van der Waals surface area contributed by atoms with E-state index in [1.165, 1.54) is 0 Å². The van der Waals surface area contributed by atoms with Crippen molar-refractivity contribution in [3.05, 3.63) is 12.3 Å². The van der Waals surface area contributed by atoms with Gasteiger partial charge in [0.2, 0.25) is 5.90 Å². The van der Waals surface area contributed by atoms with Crippen molar-refractivity contribution in [2.75, 3.05) is 19.7 Å². The fraction of sp³-hybridized carbons (Fsp3) is 0.667. The Labute approximate surface area is 92.6 Å². The van der Waals surface area contributed by atoms with Gasteiger partial charge in [-0.3, -0.25) is 0 Å². The van der Waals surface area contributed by atoms with Crippen LogP contribution in [-0.4, -0.2) is 42.3 Å². The molecule has 0 amide bonds. The highest BCUT2D eigenvalue weighted by Gasteiger charge is 2.28. The van der Waals surface area contributed by atoms with Gasteiger partial charge in [-0.1, -0.05) is 0 Å². The molecule has 0 N–H and O–H groups in total. The van der Waals surface area contributed by atoms with E-state index in [9.17, 15) is 0 Å². The monoisotopic (exact) mass is 227 g/mol. The van der Waals surface area contributed by atoms with Crippen LogP contribution in [0.15, 0.2) is 17.3 Å². The summed E-state index contributed by atoms with van der Waals surface area (Å²) >= 11 is 0. The zero-order valence-corrected chi connectivity index (χ0v) is 8.74. The third-order valence-corrected chi connectivity index (χ3v) is 2.45. The maximum Gasteiger partial charge on any atom is 0.245 e. The average molecular weight is 227 g/mol. The zero-order chi connectivity index (χ0) is 10.8. The molecule has 0 aromatic heterocycles. The molecular formula is C9H13N3O4. The number of ether oxygens (including phenoxy) is 1. The molecule has 7 nitrogen and oxygen atoms in total. The summed E-state index contributed by atoms with van der Waals surface area (Å²) in [5.74, 6) is 0.458. The van der Waals surface area contributed by atoms with Crippen molar-refractivity contribution in [3.8, 4) is 0 Å². The molecule has 0 aromatic rings. The largest absolute Gasteiger partial charge is 0.350 e. The second kappa shape index (κ2) is 4.48. The Kier molecular flexibility index (Phi) is 2.85. The van der Waals surface area contributed by atoms with Crippen LogP contribution in [-0.2, 0) is 19.4 Å². The van der Waals surface area contributed by atoms with E-state index in [4.69, 9.17) is 19.4 Å². The van der Waals surface area contributed by atoms with Crippen molar-refractivity contribution in [3.63, 3.8) is 0 Å². The normalized spacial score (nSPS) is 28.1. The second-order valence-electron chi connectivity index (χ2n) is 3.66. The van der Waals surface area contributed by atoms with Crippen LogP contribution in [0.4, 0.5) is 0 Å². The van der Waals surface area contributed by atoms with Crippen molar-refractivity contribution >= 4 is 5.90 Å². The van der Waals surface area contributed by atoms with Gasteiger partial charge in [0.1, 0.15) is 0 Å². The summed E-state index contributed by atoms with van der Waals surface area (Å²) in [4.78, 5) is 19.7. The Hall–Kier alpha value is -0.990. The van der Waals surface area contributed by atoms with Crippen LogP contribution >= 0.6 is 0 Å². The predicted molar refractivity (Wildman–Crippen MR) is 52.2 cm³/mol. The van der Waals surface area contributed by atoms with Crippen LogP contribution < -0.4 is 0 Å². The fourth-order valence-electron chi connectivity index (χ4n) is 1.18. The van der Waals surface area contributed by atoms with E-state index in [0.717, 1.165) is 31.3 Å². The third kappa shape index (κ3) is 2.23. The Morgan fingerprint density at radius 3 is 2.75 bits per heavy atom. The first kappa shape index (κ1) is 10.2. The molecule has 0 radical (unpaired) electrons. The van der Waals surface area contributed by atoms with E-state index < -0.39 is 0 Å². The van der Waals surface area contributed by atoms with Gasteiger partial charge in [0, 0.05) is 31.8 Å². The molecule has 88 valence electrons. The highest BCUT2D eigenvalue weighted by atomic mass is 17.2. The third-order valence-electron chi connectivity index (χ3n) is 2.45. The topological polar surface area (TPSA) is 55.8 Å². The SMILES string of the molecule is C1=CC(ON(OC2CCO2)ON2CCC2)=N1. The Morgan fingerprint density at radius 2 is 2.31 bits per heavy atom. The highest BCUT2D eigenvalue weighted by molar-refractivity contribution is 5.92. The quantitative estimate of drug-likeness (QED) is 0.633. The lowest BCUT2D eigenvalue weighted by Gasteiger charge is -2.35. The summed E-state index contributed by atoms with van der Waals surface area (Å²) in [6.07, 6.45) is 5.03. The minimum absolute atomic E-state index is 0.286. The van der Waals surface area contributed by atoms with Gasteiger partial charge in [0.15, 0.2) is 11.7 Å². The van der Waals surface area contributed by atoms with Gasteiger partial charge in [0.25, 0.3) is 0 Å². The number of hydrogen-bond acceptors (Lipinski definition) is 7. The number of nitrogens with zero attached hydrogens (tertiary/aromatic N) is 3. The van der Waals surface area contributed by atoms with Crippen LogP contribution in [0.5, 0.6) is 0 Å². The summed E-state index contributed by atoms with van der Waals surface area (Å²) in [6.45, 7) is 2.46. The van der Waals surface area contributed by atoms with Gasteiger partial charge in [0.05, 0.1) is 6.61 Å². The molecule has 0 saturated carbocycles. The lowest BCUT2D eigenvalue weighted by Crippen LogP contribution is -2.46. The van der Waals surface area contributed by atoms with Crippen molar-refractivity contribution in [2.24, 2.45) is 4.99 Å². The molecule has 16 heavy (non-hydrogen) atoms. The molecule has 1 atom stereocenters. The summed E-state index contributed by atoms with van der Waals surface area (Å²) in [6, 6.07) is 0. The maximum absolute atomic E-state index is 5.33. The van der Waals surface area contributed by atoms with Gasteiger partial charge >= 0.3 is 0 Å². The molecule has 7 heteroatoms. The molecule has 2 saturated heterocycles. The first-order chi connectivity index (χ1) is 7.90. The van der Waals surface area contributed by atoms with Crippen molar-refractivity contribution < 1.29 is 19.4 Å². The summed E-state index contributed by atoms with van der Waals surface area (Å²) < 4.78 is 5.13. The molecule has 3 aliphatic rings. The number of hydrogen-bond donors (Lipinski definition) is 0. The van der Waals surface area contributed by atoms with Gasteiger partial charge in [-0.15, -0.1) is 4.94 Å². The van der Waals surface area contributed by atoms with E-state index in [1.54, 1.807) is 17.3 Å². The molecule has 0 aliphatic carbocycles. The number of hydroxylamine groups is 2. The fourth-order valence-corrected chi connectivity index (χ4v) is 1.18. The molecule has 3 rings (SSSR count). The lowest BCUT2D eigenvalue weighted by atomic mass is 10.3. The van der Waals surface area contributed by atoms with Crippen molar-refractivity contribution in [2.45, 2.75) is 19.1 Å². The van der Waals surface area contributed by atoms with Gasteiger partial charge < -0.3 is 9.57 Å². The molecule has 1 unspecified atom stereocenters. The molecule has 0 spiro atoms.